The van der Waals surface area contributed by atoms with E-state index in [0.717, 1.165) is 12.5 Å². The zero-order valence-electron chi connectivity index (χ0n) is 11.8. The SMILES string of the molecule is C=C(C)C(=O)OCCC[SiH2]OCc1ccccc1C. The largest absolute Gasteiger partial charge is 0.462 e. The van der Waals surface area contributed by atoms with Gasteiger partial charge in [0, 0.05) is 5.57 Å². The molecule has 0 aliphatic carbocycles. The highest BCUT2D eigenvalue weighted by Crippen LogP contribution is 2.08. The third-order valence-corrected chi connectivity index (χ3v) is 4.06. The normalized spacial score (nSPS) is 10.8. The first-order chi connectivity index (χ1) is 9.11. The topological polar surface area (TPSA) is 35.5 Å². The van der Waals surface area contributed by atoms with Gasteiger partial charge >= 0.3 is 5.97 Å². The summed E-state index contributed by atoms with van der Waals surface area (Å²) in [6.07, 6.45) is 0.874. The highest BCUT2D eigenvalue weighted by molar-refractivity contribution is 6.26. The van der Waals surface area contributed by atoms with Crippen LogP contribution in [0.15, 0.2) is 36.4 Å². The summed E-state index contributed by atoms with van der Waals surface area (Å²) in [5.74, 6) is -0.303. The Kier molecular flexibility index (Phi) is 7.14. The van der Waals surface area contributed by atoms with Gasteiger partial charge in [0.25, 0.3) is 0 Å². The van der Waals surface area contributed by atoms with Crippen molar-refractivity contribution in [2.45, 2.75) is 32.9 Å². The quantitative estimate of drug-likeness (QED) is 0.317. The summed E-state index contributed by atoms with van der Waals surface area (Å²) in [6.45, 7) is 8.45. The molecule has 0 saturated carbocycles. The second-order valence-electron chi connectivity index (χ2n) is 4.60. The summed E-state index contributed by atoms with van der Waals surface area (Å²) in [5, 5.41) is 0. The van der Waals surface area contributed by atoms with Gasteiger partial charge in [0.2, 0.25) is 0 Å². The number of ether oxygens (including phenoxy) is 1. The first kappa shape index (κ1) is 15.7. The molecule has 0 N–H and O–H groups in total. The molecule has 0 bridgehead atoms. The zero-order chi connectivity index (χ0) is 14.1. The summed E-state index contributed by atoms with van der Waals surface area (Å²) in [7, 11) is -0.526. The van der Waals surface area contributed by atoms with Gasteiger partial charge in [0.05, 0.1) is 13.2 Å². The molecule has 1 aromatic carbocycles. The Morgan fingerprint density at radius 3 is 2.79 bits per heavy atom. The fourth-order valence-electron chi connectivity index (χ4n) is 1.55. The molecule has 0 aliphatic rings. The van der Waals surface area contributed by atoms with Crippen LogP contribution < -0.4 is 0 Å². The standard InChI is InChI=1S/C15H22O3Si/c1-12(2)15(16)17-9-6-10-19-18-11-14-8-5-4-7-13(14)3/h4-5,7-8H,1,6,9-11,19H2,2-3H3. The van der Waals surface area contributed by atoms with Gasteiger partial charge in [-0.05, 0) is 37.4 Å². The smallest absolute Gasteiger partial charge is 0.333 e. The van der Waals surface area contributed by atoms with E-state index in [0.29, 0.717) is 18.8 Å². The third kappa shape index (κ3) is 6.36. The number of aryl methyl sites for hydroxylation is 1. The fraction of sp³-hybridized carbons (Fsp3) is 0.400. The van der Waals surface area contributed by atoms with Crippen LogP contribution in [0.2, 0.25) is 6.04 Å². The van der Waals surface area contributed by atoms with Gasteiger partial charge in [0.15, 0.2) is 9.76 Å². The lowest BCUT2D eigenvalue weighted by atomic mass is 10.1. The van der Waals surface area contributed by atoms with Crippen molar-refractivity contribution in [2.24, 2.45) is 0 Å². The lowest BCUT2D eigenvalue weighted by molar-refractivity contribution is -0.138. The third-order valence-electron chi connectivity index (χ3n) is 2.78. The average Bonchev–Trinajstić information content (AvgIpc) is 2.39. The number of carbonyl (C=O) groups excluding carboxylic acids is 1. The van der Waals surface area contributed by atoms with Crippen molar-refractivity contribution in [3.63, 3.8) is 0 Å². The minimum Gasteiger partial charge on any atom is -0.462 e. The molecule has 3 nitrogen and oxygen atoms in total. The molecule has 1 aromatic rings. The van der Waals surface area contributed by atoms with Gasteiger partial charge in [-0.25, -0.2) is 4.79 Å². The highest BCUT2D eigenvalue weighted by Gasteiger charge is 2.02. The highest BCUT2D eigenvalue weighted by atomic mass is 28.2. The first-order valence-corrected chi connectivity index (χ1v) is 8.14. The molecule has 0 amide bonds. The Morgan fingerprint density at radius 1 is 1.37 bits per heavy atom. The molecule has 0 atom stereocenters. The predicted molar refractivity (Wildman–Crippen MR) is 79.7 cm³/mol. The van der Waals surface area contributed by atoms with E-state index < -0.39 is 9.76 Å². The van der Waals surface area contributed by atoms with Gasteiger partial charge in [0.1, 0.15) is 0 Å². The van der Waals surface area contributed by atoms with Crippen LogP contribution in [-0.2, 0) is 20.6 Å². The summed E-state index contributed by atoms with van der Waals surface area (Å²) in [6, 6.07) is 9.28. The minimum atomic E-state index is -0.526. The molecule has 0 fully saturated rings. The van der Waals surface area contributed by atoms with Crippen LogP contribution in [0.3, 0.4) is 0 Å². The second-order valence-corrected chi connectivity index (χ2v) is 6.13. The van der Waals surface area contributed by atoms with Crippen LogP contribution >= 0.6 is 0 Å². The zero-order valence-corrected chi connectivity index (χ0v) is 13.2. The van der Waals surface area contributed by atoms with Crippen molar-refractivity contribution in [3.8, 4) is 0 Å². The van der Waals surface area contributed by atoms with E-state index in [9.17, 15) is 4.79 Å². The second kappa shape index (κ2) is 8.66. The van der Waals surface area contributed by atoms with Crippen LogP contribution in [0.5, 0.6) is 0 Å². The number of benzene rings is 1. The van der Waals surface area contributed by atoms with E-state index in [4.69, 9.17) is 9.16 Å². The lowest BCUT2D eigenvalue weighted by Gasteiger charge is -2.07. The molecule has 104 valence electrons. The molecular formula is C15H22O3Si. The van der Waals surface area contributed by atoms with Gasteiger partial charge < -0.3 is 9.16 Å². The average molecular weight is 278 g/mol. The maximum Gasteiger partial charge on any atom is 0.333 e. The molecule has 0 spiro atoms. The molecule has 0 unspecified atom stereocenters. The van der Waals surface area contributed by atoms with Crippen molar-refractivity contribution < 1.29 is 14.0 Å². The predicted octanol–water partition coefficient (Wildman–Crippen LogP) is 2.52. The molecular weight excluding hydrogens is 256 g/mol. The summed E-state index contributed by atoms with van der Waals surface area (Å²) in [5.41, 5.74) is 2.98. The number of carbonyl (C=O) groups is 1. The van der Waals surface area contributed by atoms with E-state index in [-0.39, 0.29) is 5.97 Å². The Hall–Kier alpha value is -1.39. The number of esters is 1. The van der Waals surface area contributed by atoms with Crippen molar-refractivity contribution in [1.29, 1.82) is 0 Å². The van der Waals surface area contributed by atoms with Crippen molar-refractivity contribution in [3.05, 3.63) is 47.5 Å². The molecule has 4 heteroatoms. The van der Waals surface area contributed by atoms with Crippen molar-refractivity contribution in [2.75, 3.05) is 6.61 Å². The van der Waals surface area contributed by atoms with Gasteiger partial charge in [-0.1, -0.05) is 30.8 Å². The van der Waals surface area contributed by atoms with E-state index in [1.54, 1.807) is 6.92 Å². The number of rotatable bonds is 8. The molecule has 0 aromatic heterocycles. The monoisotopic (exact) mass is 278 g/mol. The van der Waals surface area contributed by atoms with Gasteiger partial charge in [-0.3, -0.25) is 0 Å². The Bertz CT molecular complexity index is 429. The Labute approximate surface area is 117 Å². The maximum absolute atomic E-state index is 11.1. The van der Waals surface area contributed by atoms with E-state index in [2.05, 4.69) is 25.6 Å². The van der Waals surface area contributed by atoms with Crippen LogP contribution in [0, 0.1) is 6.92 Å². The van der Waals surface area contributed by atoms with Crippen LogP contribution in [-0.4, -0.2) is 22.3 Å². The molecule has 0 saturated heterocycles. The number of hydrogen-bond donors (Lipinski definition) is 0. The first-order valence-electron chi connectivity index (χ1n) is 6.56. The molecule has 1 rings (SSSR count). The minimum absolute atomic E-state index is 0.303. The van der Waals surface area contributed by atoms with Crippen LogP contribution in [0.25, 0.3) is 0 Å². The van der Waals surface area contributed by atoms with E-state index in [1.165, 1.54) is 11.1 Å². The lowest BCUT2D eigenvalue weighted by Crippen LogP contribution is -2.07. The maximum atomic E-state index is 11.1. The molecule has 0 radical (unpaired) electrons. The molecule has 0 heterocycles. The number of hydrogen-bond acceptors (Lipinski definition) is 3. The van der Waals surface area contributed by atoms with Gasteiger partial charge in [-0.15, -0.1) is 0 Å². The Balaban J connectivity index is 2.05. The van der Waals surface area contributed by atoms with Gasteiger partial charge in [-0.2, -0.15) is 0 Å². The summed E-state index contributed by atoms with van der Waals surface area (Å²) in [4.78, 5) is 11.1. The Morgan fingerprint density at radius 2 is 2.11 bits per heavy atom. The fourth-order valence-corrected chi connectivity index (χ4v) is 2.53. The van der Waals surface area contributed by atoms with Crippen molar-refractivity contribution in [1.82, 2.24) is 0 Å². The van der Waals surface area contributed by atoms with Crippen LogP contribution in [0.1, 0.15) is 24.5 Å². The van der Waals surface area contributed by atoms with E-state index in [1.807, 2.05) is 12.1 Å². The summed E-state index contributed by atoms with van der Waals surface area (Å²) >= 11 is 0. The molecule has 19 heavy (non-hydrogen) atoms. The van der Waals surface area contributed by atoms with Crippen molar-refractivity contribution >= 4 is 15.7 Å². The van der Waals surface area contributed by atoms with E-state index >= 15 is 0 Å². The summed E-state index contributed by atoms with van der Waals surface area (Å²) < 4.78 is 10.8. The van der Waals surface area contributed by atoms with Crippen LogP contribution in [0.4, 0.5) is 0 Å². The molecule has 0 aliphatic heterocycles.